The third-order valence-electron chi connectivity index (χ3n) is 4.21. The molecule has 0 aromatic heterocycles. The van der Waals surface area contributed by atoms with Gasteiger partial charge in [-0.2, -0.15) is 0 Å². The van der Waals surface area contributed by atoms with E-state index in [1.165, 1.54) is 72.8 Å². The Hall–Kier alpha value is -4.60. The Labute approximate surface area is 175 Å². The molecule has 3 aromatic carbocycles. The van der Waals surface area contributed by atoms with E-state index in [2.05, 4.69) is 5.32 Å². The van der Waals surface area contributed by atoms with E-state index in [9.17, 15) is 29.8 Å². The van der Waals surface area contributed by atoms with Crippen LogP contribution in [-0.4, -0.2) is 21.7 Å². The average molecular weight is 421 g/mol. The average Bonchev–Trinajstić information content (AvgIpc) is 2.78. The van der Waals surface area contributed by atoms with Crippen LogP contribution in [0.4, 0.5) is 17.1 Å². The Bertz CT molecular complexity index is 1140. The Balaban J connectivity index is 1.58. The van der Waals surface area contributed by atoms with Crippen molar-refractivity contribution in [1.29, 1.82) is 0 Å². The molecule has 0 fully saturated rings. The predicted molar refractivity (Wildman–Crippen MR) is 110 cm³/mol. The highest BCUT2D eigenvalue weighted by Crippen LogP contribution is 2.17. The number of hydrogen-bond acceptors (Lipinski definition) is 7. The lowest BCUT2D eigenvalue weighted by Gasteiger charge is -2.08. The molecular weight excluding hydrogens is 406 g/mol. The summed E-state index contributed by atoms with van der Waals surface area (Å²) in [7, 11) is 0. The molecule has 0 aliphatic heterocycles. The Morgan fingerprint density at radius 3 is 2.06 bits per heavy atom. The highest BCUT2D eigenvalue weighted by Gasteiger charge is 2.13. The van der Waals surface area contributed by atoms with E-state index in [1.807, 2.05) is 0 Å². The van der Waals surface area contributed by atoms with Crippen LogP contribution in [-0.2, 0) is 11.3 Å². The molecule has 0 saturated heterocycles. The molecule has 0 unspecified atom stereocenters. The van der Waals surface area contributed by atoms with E-state index in [4.69, 9.17) is 4.74 Å². The number of carbonyl (C=O) groups excluding carboxylic acids is 2. The van der Waals surface area contributed by atoms with E-state index >= 15 is 0 Å². The van der Waals surface area contributed by atoms with Crippen LogP contribution in [0.25, 0.3) is 0 Å². The number of hydrogen-bond donors (Lipinski definition) is 1. The number of non-ortho nitro benzene ring substituents is 2. The molecule has 0 aliphatic carbocycles. The lowest BCUT2D eigenvalue weighted by molar-refractivity contribution is -0.385. The minimum Gasteiger partial charge on any atom is -0.457 e. The van der Waals surface area contributed by atoms with Crippen molar-refractivity contribution in [3.05, 3.63) is 110 Å². The van der Waals surface area contributed by atoms with Gasteiger partial charge in [-0.15, -0.1) is 0 Å². The summed E-state index contributed by atoms with van der Waals surface area (Å²) in [6.07, 6.45) is 0. The maximum Gasteiger partial charge on any atom is 0.338 e. The number of nitro benzene ring substituents is 2. The first-order valence-electron chi connectivity index (χ1n) is 8.90. The fraction of sp³-hybridized carbons (Fsp3) is 0.0476. The second-order valence-electron chi connectivity index (χ2n) is 6.34. The van der Waals surface area contributed by atoms with Crippen LogP contribution in [0.15, 0.2) is 72.8 Å². The molecule has 3 aromatic rings. The maximum atomic E-state index is 12.3. The minimum absolute atomic E-state index is 0.0535. The number of ether oxygens (including phenoxy) is 1. The van der Waals surface area contributed by atoms with Gasteiger partial charge >= 0.3 is 5.97 Å². The quantitative estimate of drug-likeness (QED) is 0.344. The number of nitro groups is 2. The molecule has 0 spiro atoms. The number of rotatable bonds is 7. The number of carbonyl (C=O) groups is 2. The third-order valence-corrected chi connectivity index (χ3v) is 4.21. The van der Waals surface area contributed by atoms with Crippen molar-refractivity contribution in [2.24, 2.45) is 0 Å². The first kappa shape index (κ1) is 21.1. The molecule has 10 heteroatoms. The zero-order valence-electron chi connectivity index (χ0n) is 15.9. The van der Waals surface area contributed by atoms with Crippen molar-refractivity contribution in [2.45, 2.75) is 6.61 Å². The Morgan fingerprint density at radius 1 is 0.806 bits per heavy atom. The van der Waals surface area contributed by atoms with E-state index in [0.29, 0.717) is 11.3 Å². The number of amides is 1. The summed E-state index contributed by atoms with van der Waals surface area (Å²) in [6, 6.07) is 16.9. The SMILES string of the molecule is O=C(Nc1ccc(C(=O)OCc2ccc([N+](=O)[O-])cc2)cc1)c1cccc([N+](=O)[O-])c1. The van der Waals surface area contributed by atoms with Crippen molar-refractivity contribution in [2.75, 3.05) is 5.32 Å². The summed E-state index contributed by atoms with van der Waals surface area (Å²) >= 11 is 0. The van der Waals surface area contributed by atoms with E-state index < -0.39 is 21.7 Å². The van der Waals surface area contributed by atoms with Crippen LogP contribution in [0.3, 0.4) is 0 Å². The molecule has 0 heterocycles. The molecule has 0 saturated carbocycles. The topological polar surface area (TPSA) is 142 Å². The normalized spacial score (nSPS) is 10.2. The van der Waals surface area contributed by atoms with Gasteiger partial charge in [0.2, 0.25) is 0 Å². The van der Waals surface area contributed by atoms with Gasteiger partial charge in [0.15, 0.2) is 0 Å². The van der Waals surface area contributed by atoms with Crippen molar-refractivity contribution in [3.63, 3.8) is 0 Å². The fourth-order valence-electron chi connectivity index (χ4n) is 2.60. The standard InChI is InChI=1S/C21H15N3O7/c25-20(16-2-1-3-19(12-16)24(29)30)22-17-8-6-15(7-9-17)21(26)31-13-14-4-10-18(11-5-14)23(27)28/h1-12H,13H2,(H,22,25). The van der Waals surface area contributed by atoms with Gasteiger partial charge in [-0.25, -0.2) is 4.79 Å². The molecule has 1 amide bonds. The summed E-state index contributed by atoms with van der Waals surface area (Å²) in [5.74, 6) is -1.13. The molecule has 0 bridgehead atoms. The minimum atomic E-state index is -0.602. The van der Waals surface area contributed by atoms with Gasteiger partial charge in [0, 0.05) is 35.5 Å². The van der Waals surface area contributed by atoms with Crippen LogP contribution in [0.1, 0.15) is 26.3 Å². The first-order valence-corrected chi connectivity index (χ1v) is 8.90. The fourth-order valence-corrected chi connectivity index (χ4v) is 2.60. The van der Waals surface area contributed by atoms with Gasteiger partial charge in [0.25, 0.3) is 17.3 Å². The van der Waals surface area contributed by atoms with Crippen LogP contribution < -0.4 is 5.32 Å². The molecule has 3 rings (SSSR count). The Kier molecular flexibility index (Phi) is 6.31. The zero-order valence-corrected chi connectivity index (χ0v) is 15.9. The second-order valence-corrected chi connectivity index (χ2v) is 6.34. The van der Waals surface area contributed by atoms with Crippen molar-refractivity contribution >= 4 is 28.9 Å². The number of anilines is 1. The predicted octanol–water partition coefficient (Wildman–Crippen LogP) is 4.11. The lowest BCUT2D eigenvalue weighted by atomic mass is 10.1. The van der Waals surface area contributed by atoms with Crippen molar-refractivity contribution in [1.82, 2.24) is 0 Å². The van der Waals surface area contributed by atoms with E-state index in [0.717, 1.165) is 0 Å². The number of benzene rings is 3. The van der Waals surface area contributed by atoms with Gasteiger partial charge in [-0.3, -0.25) is 25.0 Å². The number of nitrogens with one attached hydrogen (secondary N) is 1. The highest BCUT2D eigenvalue weighted by molar-refractivity contribution is 6.04. The van der Waals surface area contributed by atoms with Gasteiger partial charge < -0.3 is 10.1 Å². The third kappa shape index (κ3) is 5.48. The zero-order chi connectivity index (χ0) is 22.4. The molecule has 0 radical (unpaired) electrons. The summed E-state index contributed by atoms with van der Waals surface area (Å²) < 4.78 is 5.18. The van der Waals surface area contributed by atoms with Gasteiger partial charge in [-0.05, 0) is 48.0 Å². The summed E-state index contributed by atoms with van der Waals surface area (Å²) in [4.78, 5) is 44.8. The molecule has 31 heavy (non-hydrogen) atoms. The maximum absolute atomic E-state index is 12.3. The molecular formula is C21H15N3O7. The van der Waals surface area contributed by atoms with Gasteiger partial charge in [0.05, 0.1) is 15.4 Å². The second kappa shape index (κ2) is 9.27. The number of esters is 1. The molecule has 10 nitrogen and oxygen atoms in total. The van der Waals surface area contributed by atoms with E-state index in [-0.39, 0.29) is 29.1 Å². The summed E-state index contributed by atoms with van der Waals surface area (Å²) in [5.41, 5.74) is 1.11. The van der Waals surface area contributed by atoms with Gasteiger partial charge in [0.1, 0.15) is 6.61 Å². The smallest absolute Gasteiger partial charge is 0.338 e. The van der Waals surface area contributed by atoms with Crippen molar-refractivity contribution in [3.8, 4) is 0 Å². The largest absolute Gasteiger partial charge is 0.457 e. The number of nitrogens with zero attached hydrogens (tertiary/aromatic N) is 2. The van der Waals surface area contributed by atoms with Crippen molar-refractivity contribution < 1.29 is 24.2 Å². The summed E-state index contributed by atoms with van der Waals surface area (Å²) in [6.45, 7) is -0.0535. The molecule has 1 N–H and O–H groups in total. The van der Waals surface area contributed by atoms with Crippen LogP contribution in [0.2, 0.25) is 0 Å². The van der Waals surface area contributed by atoms with Gasteiger partial charge in [-0.1, -0.05) is 6.07 Å². The molecule has 0 aliphatic rings. The first-order chi connectivity index (χ1) is 14.8. The van der Waals surface area contributed by atoms with Crippen LogP contribution in [0.5, 0.6) is 0 Å². The highest BCUT2D eigenvalue weighted by atomic mass is 16.6. The van der Waals surface area contributed by atoms with Crippen LogP contribution in [0, 0.1) is 20.2 Å². The van der Waals surface area contributed by atoms with E-state index in [1.54, 1.807) is 0 Å². The Morgan fingerprint density at radius 2 is 1.45 bits per heavy atom. The lowest BCUT2D eigenvalue weighted by Crippen LogP contribution is -2.12. The molecule has 156 valence electrons. The monoisotopic (exact) mass is 421 g/mol. The molecule has 0 atom stereocenters. The van der Waals surface area contributed by atoms with Crippen LogP contribution >= 0.6 is 0 Å². The summed E-state index contributed by atoms with van der Waals surface area (Å²) in [5, 5.41) is 24.1.